The third-order valence-electron chi connectivity index (χ3n) is 4.29. The second-order valence-electron chi connectivity index (χ2n) is 6.53. The molecule has 0 saturated carbocycles. The molecule has 27 heavy (non-hydrogen) atoms. The molecule has 0 aliphatic rings. The Hall–Kier alpha value is -1.61. The van der Waals surface area contributed by atoms with Gasteiger partial charge in [0.2, 0.25) is 0 Å². The Morgan fingerprint density at radius 1 is 1.26 bits per heavy atom. The lowest BCUT2D eigenvalue weighted by atomic mass is 10.2. The third-order valence-corrected chi connectivity index (χ3v) is 5.31. The highest BCUT2D eigenvalue weighted by molar-refractivity contribution is 14.0. The van der Waals surface area contributed by atoms with Crippen molar-refractivity contribution < 1.29 is 0 Å². The van der Waals surface area contributed by atoms with E-state index in [-0.39, 0.29) is 24.0 Å². The van der Waals surface area contributed by atoms with Crippen molar-refractivity contribution in [1.82, 2.24) is 20.2 Å². The summed E-state index contributed by atoms with van der Waals surface area (Å²) in [6.07, 6.45) is 0.995. The Balaban J connectivity index is 0.00000261. The van der Waals surface area contributed by atoms with Crippen LogP contribution in [0.3, 0.4) is 0 Å². The lowest BCUT2D eigenvalue weighted by Gasteiger charge is -2.17. The Morgan fingerprint density at radius 2 is 2.04 bits per heavy atom. The summed E-state index contributed by atoms with van der Waals surface area (Å²) in [4.78, 5) is 12.2. The molecule has 3 rings (SSSR count). The summed E-state index contributed by atoms with van der Waals surface area (Å²) in [5, 5.41) is 6.84. The number of aryl methyl sites for hydroxylation is 2. The van der Waals surface area contributed by atoms with Gasteiger partial charge in [-0.2, -0.15) is 0 Å². The summed E-state index contributed by atoms with van der Waals surface area (Å²) >= 11 is 1.86. The van der Waals surface area contributed by atoms with Crippen LogP contribution in [0.15, 0.2) is 41.4 Å². The minimum Gasteiger partial charge on any atom is -0.357 e. The van der Waals surface area contributed by atoms with Gasteiger partial charge in [-0.25, -0.2) is 9.98 Å². The number of aliphatic imine (C=N–C) groups is 1. The van der Waals surface area contributed by atoms with Crippen molar-refractivity contribution in [3.05, 3.63) is 52.0 Å². The lowest BCUT2D eigenvalue weighted by molar-refractivity contribution is 0.643. The molecule has 0 fully saturated rings. The molecular weight excluding hydrogens is 469 g/mol. The van der Waals surface area contributed by atoms with E-state index in [4.69, 9.17) is 9.98 Å². The number of fused-ring (bicyclic) bond motifs is 1. The number of rotatable bonds is 6. The number of nitrogens with zero attached hydrogens (tertiary/aromatic N) is 3. The predicted octanol–water partition coefficient (Wildman–Crippen LogP) is 4.25. The van der Waals surface area contributed by atoms with Crippen molar-refractivity contribution in [3.8, 4) is 0 Å². The van der Waals surface area contributed by atoms with Gasteiger partial charge in [0.15, 0.2) is 5.96 Å². The van der Waals surface area contributed by atoms with Crippen LogP contribution in [0.25, 0.3) is 11.0 Å². The molecule has 1 aromatic carbocycles. The molecule has 2 N–H and O–H groups in total. The van der Waals surface area contributed by atoms with Crippen molar-refractivity contribution in [2.24, 2.45) is 12.0 Å². The highest BCUT2D eigenvalue weighted by Gasteiger charge is 2.10. The van der Waals surface area contributed by atoms with Gasteiger partial charge in [0.05, 0.1) is 11.0 Å². The maximum Gasteiger partial charge on any atom is 0.191 e. The quantitative estimate of drug-likeness (QED) is 0.304. The van der Waals surface area contributed by atoms with Gasteiger partial charge in [0.25, 0.3) is 0 Å². The molecule has 1 unspecified atom stereocenters. The van der Waals surface area contributed by atoms with Crippen LogP contribution in [0.5, 0.6) is 0 Å². The Morgan fingerprint density at radius 3 is 2.70 bits per heavy atom. The molecule has 2 aromatic heterocycles. The summed E-state index contributed by atoms with van der Waals surface area (Å²) in [6.45, 7) is 7.80. The number of hydrogen-bond acceptors (Lipinski definition) is 3. The van der Waals surface area contributed by atoms with E-state index in [1.807, 2.05) is 36.6 Å². The van der Waals surface area contributed by atoms with E-state index in [0.717, 1.165) is 35.8 Å². The molecule has 7 heteroatoms. The van der Waals surface area contributed by atoms with Crippen LogP contribution in [0.4, 0.5) is 0 Å². The number of para-hydroxylation sites is 2. The van der Waals surface area contributed by atoms with Gasteiger partial charge < -0.3 is 15.2 Å². The Kier molecular flexibility index (Phi) is 8.09. The molecule has 0 spiro atoms. The van der Waals surface area contributed by atoms with Gasteiger partial charge in [-0.1, -0.05) is 12.1 Å². The van der Waals surface area contributed by atoms with Gasteiger partial charge in [-0.15, -0.1) is 35.3 Å². The van der Waals surface area contributed by atoms with Crippen molar-refractivity contribution in [1.29, 1.82) is 0 Å². The van der Waals surface area contributed by atoms with E-state index < -0.39 is 0 Å². The van der Waals surface area contributed by atoms with Crippen molar-refractivity contribution in [3.63, 3.8) is 0 Å². The smallest absolute Gasteiger partial charge is 0.191 e. The first-order valence-electron chi connectivity index (χ1n) is 9.07. The Labute approximate surface area is 182 Å². The fraction of sp³-hybridized carbons (Fsp3) is 0.400. The van der Waals surface area contributed by atoms with E-state index in [1.54, 1.807) is 0 Å². The summed E-state index contributed by atoms with van der Waals surface area (Å²) in [7, 11) is 2.04. The van der Waals surface area contributed by atoms with Crippen LogP contribution in [0, 0.1) is 6.92 Å². The summed E-state index contributed by atoms with van der Waals surface area (Å²) in [6, 6.07) is 12.9. The van der Waals surface area contributed by atoms with E-state index in [9.17, 15) is 0 Å². The maximum absolute atomic E-state index is 4.74. The molecule has 2 heterocycles. The van der Waals surface area contributed by atoms with Crippen molar-refractivity contribution >= 4 is 52.3 Å². The topological polar surface area (TPSA) is 54.2 Å². The molecular formula is C20H28IN5S. The van der Waals surface area contributed by atoms with Gasteiger partial charge in [0, 0.05) is 35.8 Å². The monoisotopic (exact) mass is 497 g/mol. The highest BCUT2D eigenvalue weighted by atomic mass is 127. The summed E-state index contributed by atoms with van der Waals surface area (Å²) in [5.41, 5.74) is 2.15. The summed E-state index contributed by atoms with van der Waals surface area (Å²) in [5.74, 6) is 1.80. The first-order chi connectivity index (χ1) is 12.6. The standard InChI is InChI=1S/C20H27N5S.HI/c1-5-21-20(23-14(2)12-16-11-10-15(3)26-16)22-13-19-24-17-8-6-7-9-18(17)25(19)4;/h6-11,14H,5,12-13H2,1-4H3,(H2,21,22,23);1H. The van der Waals surface area contributed by atoms with E-state index in [1.165, 1.54) is 9.75 Å². The number of benzene rings is 1. The van der Waals surface area contributed by atoms with Crippen molar-refractivity contribution in [2.45, 2.75) is 39.8 Å². The van der Waals surface area contributed by atoms with E-state index in [2.05, 4.69) is 54.2 Å². The van der Waals surface area contributed by atoms with Crippen LogP contribution in [0.2, 0.25) is 0 Å². The molecule has 0 radical (unpaired) electrons. The van der Waals surface area contributed by atoms with Gasteiger partial charge in [-0.05, 0) is 45.0 Å². The number of halogens is 1. The first-order valence-corrected chi connectivity index (χ1v) is 9.89. The van der Waals surface area contributed by atoms with Crippen LogP contribution in [-0.4, -0.2) is 28.1 Å². The van der Waals surface area contributed by atoms with Crippen LogP contribution in [-0.2, 0) is 20.0 Å². The molecule has 0 aliphatic heterocycles. The zero-order valence-electron chi connectivity index (χ0n) is 16.3. The maximum atomic E-state index is 4.74. The molecule has 3 aromatic rings. The van der Waals surface area contributed by atoms with E-state index in [0.29, 0.717) is 12.6 Å². The number of imidazole rings is 1. The number of thiophene rings is 1. The van der Waals surface area contributed by atoms with Gasteiger partial charge in [-0.3, -0.25) is 0 Å². The van der Waals surface area contributed by atoms with Gasteiger partial charge in [0.1, 0.15) is 12.4 Å². The molecule has 0 bridgehead atoms. The number of hydrogen-bond donors (Lipinski definition) is 2. The zero-order valence-corrected chi connectivity index (χ0v) is 19.5. The lowest BCUT2D eigenvalue weighted by Crippen LogP contribution is -2.43. The summed E-state index contributed by atoms with van der Waals surface area (Å²) < 4.78 is 2.11. The largest absolute Gasteiger partial charge is 0.357 e. The Bertz CT molecular complexity index is 899. The fourth-order valence-corrected chi connectivity index (χ4v) is 4.01. The van der Waals surface area contributed by atoms with Crippen molar-refractivity contribution in [2.75, 3.05) is 6.54 Å². The second kappa shape index (κ2) is 10.1. The first kappa shape index (κ1) is 21.7. The molecule has 5 nitrogen and oxygen atoms in total. The van der Waals surface area contributed by atoms with Gasteiger partial charge >= 0.3 is 0 Å². The molecule has 0 saturated heterocycles. The van der Waals surface area contributed by atoms with E-state index >= 15 is 0 Å². The van der Waals surface area contributed by atoms with Crippen LogP contribution < -0.4 is 10.6 Å². The number of nitrogens with one attached hydrogen (secondary N) is 2. The van der Waals surface area contributed by atoms with Crippen LogP contribution >= 0.6 is 35.3 Å². The second-order valence-corrected chi connectivity index (χ2v) is 7.91. The predicted molar refractivity (Wildman–Crippen MR) is 126 cm³/mol. The normalized spacial score (nSPS) is 12.7. The molecule has 0 amide bonds. The van der Waals surface area contributed by atoms with Crippen LogP contribution in [0.1, 0.15) is 29.4 Å². The number of guanidine groups is 1. The minimum atomic E-state index is 0. The third kappa shape index (κ3) is 5.68. The zero-order chi connectivity index (χ0) is 18.5. The fourth-order valence-electron chi connectivity index (χ4n) is 2.99. The molecule has 1 atom stereocenters. The average Bonchev–Trinajstić information content (AvgIpc) is 3.16. The highest BCUT2D eigenvalue weighted by Crippen LogP contribution is 2.17. The SMILES string of the molecule is CCNC(=NCc1nc2ccccc2n1C)NC(C)Cc1ccc(C)s1.I. The molecule has 146 valence electrons. The average molecular weight is 497 g/mol. The molecule has 0 aliphatic carbocycles. The number of aromatic nitrogens is 2. The minimum absolute atomic E-state index is 0.